The highest BCUT2D eigenvalue weighted by Crippen LogP contribution is 2.37. The van der Waals surface area contributed by atoms with Crippen molar-refractivity contribution in [1.82, 2.24) is 5.43 Å². The minimum Gasteiger partial charge on any atom is -0.271 e. The summed E-state index contributed by atoms with van der Waals surface area (Å²) in [5.74, 6) is 5.94. The van der Waals surface area contributed by atoms with E-state index in [-0.39, 0.29) is 17.2 Å². The molecule has 0 aromatic heterocycles. The smallest absolute Gasteiger partial charge is 0.150 e. The van der Waals surface area contributed by atoms with Crippen LogP contribution in [0, 0.1) is 5.92 Å². The Morgan fingerprint density at radius 1 is 1.43 bits per heavy atom. The van der Waals surface area contributed by atoms with E-state index in [1.807, 2.05) is 18.2 Å². The second-order valence-corrected chi connectivity index (χ2v) is 9.28. The van der Waals surface area contributed by atoms with Gasteiger partial charge in [0, 0.05) is 16.8 Å². The van der Waals surface area contributed by atoms with Crippen LogP contribution in [0.4, 0.5) is 0 Å². The van der Waals surface area contributed by atoms with Crippen molar-refractivity contribution in [2.24, 2.45) is 11.8 Å². The molecule has 1 aliphatic rings. The van der Waals surface area contributed by atoms with Gasteiger partial charge in [0.2, 0.25) is 0 Å². The average molecular weight is 396 g/mol. The van der Waals surface area contributed by atoms with Gasteiger partial charge in [0.1, 0.15) is 9.84 Å². The Morgan fingerprint density at radius 3 is 2.71 bits per heavy atom. The molecule has 0 bridgehead atoms. The van der Waals surface area contributed by atoms with Gasteiger partial charge in [-0.15, -0.1) is 0 Å². The van der Waals surface area contributed by atoms with Crippen molar-refractivity contribution in [3.05, 3.63) is 33.3 Å². The molecule has 0 radical (unpaired) electrons. The number of hydrogen-bond acceptors (Lipinski definition) is 4. The van der Waals surface area contributed by atoms with Crippen LogP contribution in [-0.2, 0) is 9.84 Å². The van der Waals surface area contributed by atoms with Crippen molar-refractivity contribution in [2.75, 3.05) is 6.26 Å². The number of benzene rings is 1. The molecule has 2 rings (SSSR count). The zero-order valence-electron chi connectivity index (χ0n) is 11.9. The van der Waals surface area contributed by atoms with Crippen LogP contribution in [-0.4, -0.2) is 19.9 Å². The van der Waals surface area contributed by atoms with Gasteiger partial charge >= 0.3 is 0 Å². The first-order chi connectivity index (χ1) is 9.82. The SMILES string of the molecule is CS(=O)(=O)C1CCCC(C(NN)c2ccc(Cl)c(Br)c2)C1. The molecule has 4 nitrogen and oxygen atoms in total. The van der Waals surface area contributed by atoms with Crippen LogP contribution in [0.3, 0.4) is 0 Å². The molecular formula is C14H20BrClN2O2S. The molecule has 1 saturated carbocycles. The second-order valence-electron chi connectivity index (χ2n) is 5.70. The van der Waals surface area contributed by atoms with Crippen molar-refractivity contribution >= 4 is 37.4 Å². The zero-order chi connectivity index (χ0) is 15.6. The molecule has 0 amide bonds. The van der Waals surface area contributed by atoms with Gasteiger partial charge in [-0.1, -0.05) is 24.1 Å². The van der Waals surface area contributed by atoms with E-state index in [4.69, 9.17) is 17.4 Å². The lowest BCUT2D eigenvalue weighted by atomic mass is 9.81. The molecule has 1 aromatic rings. The van der Waals surface area contributed by atoms with E-state index in [2.05, 4.69) is 21.4 Å². The van der Waals surface area contributed by atoms with E-state index in [9.17, 15) is 8.42 Å². The maximum absolute atomic E-state index is 11.8. The summed E-state index contributed by atoms with van der Waals surface area (Å²) in [5.41, 5.74) is 3.87. The predicted octanol–water partition coefficient (Wildman–Crippen LogP) is 3.21. The standard InChI is InChI=1S/C14H20BrClN2O2S/c1-21(19,20)11-4-2-3-9(7-11)14(18-17)10-5-6-13(16)12(15)8-10/h5-6,8-9,11,14,18H,2-4,7,17H2,1H3. The fourth-order valence-electron chi connectivity index (χ4n) is 3.08. The average Bonchev–Trinajstić information content (AvgIpc) is 2.43. The summed E-state index contributed by atoms with van der Waals surface area (Å²) in [5, 5.41) is 0.384. The molecule has 7 heteroatoms. The Kier molecular flexibility index (Phi) is 5.71. The van der Waals surface area contributed by atoms with Crippen LogP contribution in [0.5, 0.6) is 0 Å². The summed E-state index contributed by atoms with van der Waals surface area (Å²) in [6, 6.07) is 5.63. The van der Waals surface area contributed by atoms with E-state index in [0.29, 0.717) is 11.4 Å². The molecular weight excluding hydrogens is 376 g/mol. The van der Waals surface area contributed by atoms with Crippen molar-refractivity contribution in [1.29, 1.82) is 0 Å². The lowest BCUT2D eigenvalue weighted by Gasteiger charge is -2.33. The molecule has 1 aromatic carbocycles. The first-order valence-corrected chi connectivity index (χ1v) is 10.1. The third-order valence-corrected chi connectivity index (χ3v) is 7.08. The Hall–Kier alpha value is -0.140. The van der Waals surface area contributed by atoms with Gasteiger partial charge < -0.3 is 0 Å². The molecule has 118 valence electrons. The van der Waals surface area contributed by atoms with Crippen LogP contribution in [0.2, 0.25) is 5.02 Å². The largest absolute Gasteiger partial charge is 0.271 e. The number of sulfone groups is 1. The molecule has 3 atom stereocenters. The Bertz CT molecular complexity index is 609. The summed E-state index contributed by atoms with van der Waals surface area (Å²) in [4.78, 5) is 0. The van der Waals surface area contributed by atoms with Crippen LogP contribution >= 0.6 is 27.5 Å². The van der Waals surface area contributed by atoms with E-state index in [1.165, 1.54) is 6.26 Å². The zero-order valence-corrected chi connectivity index (χ0v) is 15.0. The summed E-state index contributed by atoms with van der Waals surface area (Å²) in [7, 11) is -3.00. The Balaban J connectivity index is 2.22. The molecule has 1 fully saturated rings. The third kappa shape index (κ3) is 4.20. The molecule has 0 spiro atoms. The van der Waals surface area contributed by atoms with Crippen molar-refractivity contribution < 1.29 is 8.42 Å². The Labute approximate surface area is 139 Å². The van der Waals surface area contributed by atoms with Crippen LogP contribution in [0.15, 0.2) is 22.7 Å². The quantitative estimate of drug-likeness (QED) is 0.606. The summed E-state index contributed by atoms with van der Waals surface area (Å²) in [6.45, 7) is 0. The fraction of sp³-hybridized carbons (Fsp3) is 0.571. The molecule has 3 N–H and O–H groups in total. The molecule has 3 unspecified atom stereocenters. The molecule has 0 heterocycles. The number of nitrogens with one attached hydrogen (secondary N) is 1. The highest BCUT2D eigenvalue weighted by atomic mass is 79.9. The normalized spacial score (nSPS) is 24.8. The molecule has 0 aliphatic heterocycles. The number of hydrogen-bond donors (Lipinski definition) is 2. The summed E-state index contributed by atoms with van der Waals surface area (Å²) < 4.78 is 24.4. The Morgan fingerprint density at radius 2 is 2.14 bits per heavy atom. The van der Waals surface area contributed by atoms with Gasteiger partial charge in [-0.25, -0.2) is 8.42 Å². The van der Waals surface area contributed by atoms with Gasteiger partial charge in [-0.2, -0.15) is 0 Å². The highest BCUT2D eigenvalue weighted by Gasteiger charge is 2.33. The first kappa shape index (κ1) is 17.2. The van der Waals surface area contributed by atoms with E-state index < -0.39 is 9.84 Å². The van der Waals surface area contributed by atoms with E-state index >= 15 is 0 Å². The van der Waals surface area contributed by atoms with Crippen molar-refractivity contribution in [2.45, 2.75) is 37.0 Å². The number of hydrazine groups is 1. The summed E-state index contributed by atoms with van der Waals surface area (Å²) >= 11 is 9.43. The molecule has 21 heavy (non-hydrogen) atoms. The van der Waals surface area contributed by atoms with Crippen LogP contribution < -0.4 is 11.3 Å². The lowest BCUT2D eigenvalue weighted by Crippen LogP contribution is -2.38. The number of nitrogens with two attached hydrogens (primary N) is 1. The van der Waals surface area contributed by atoms with Gasteiger partial charge in [0.15, 0.2) is 0 Å². The monoisotopic (exact) mass is 394 g/mol. The lowest BCUT2D eigenvalue weighted by molar-refractivity contribution is 0.274. The molecule has 0 saturated heterocycles. The maximum atomic E-state index is 11.8. The van der Waals surface area contributed by atoms with Crippen molar-refractivity contribution in [3.8, 4) is 0 Å². The van der Waals surface area contributed by atoms with Crippen molar-refractivity contribution in [3.63, 3.8) is 0 Å². The van der Waals surface area contributed by atoms with E-state index in [0.717, 1.165) is 29.3 Å². The molecule has 1 aliphatic carbocycles. The topological polar surface area (TPSA) is 72.2 Å². The maximum Gasteiger partial charge on any atom is 0.150 e. The number of halogens is 2. The van der Waals surface area contributed by atoms with Crippen LogP contribution in [0.25, 0.3) is 0 Å². The van der Waals surface area contributed by atoms with Gasteiger partial charge in [-0.05, 0) is 58.8 Å². The minimum atomic E-state index is -3.00. The minimum absolute atomic E-state index is 0.0666. The highest BCUT2D eigenvalue weighted by molar-refractivity contribution is 9.10. The van der Waals surface area contributed by atoms with Gasteiger partial charge in [0.05, 0.1) is 10.3 Å². The fourth-order valence-corrected chi connectivity index (χ4v) is 4.79. The van der Waals surface area contributed by atoms with Gasteiger partial charge in [0.25, 0.3) is 0 Å². The van der Waals surface area contributed by atoms with Crippen LogP contribution in [0.1, 0.15) is 37.3 Å². The van der Waals surface area contributed by atoms with Gasteiger partial charge in [-0.3, -0.25) is 11.3 Å². The predicted molar refractivity (Wildman–Crippen MR) is 89.8 cm³/mol. The second kappa shape index (κ2) is 6.96. The number of rotatable bonds is 4. The first-order valence-electron chi connectivity index (χ1n) is 6.93. The van der Waals surface area contributed by atoms with E-state index in [1.54, 1.807) is 0 Å². The summed E-state index contributed by atoms with van der Waals surface area (Å²) in [6.07, 6.45) is 4.60. The third-order valence-electron chi connectivity index (χ3n) is 4.23.